The summed E-state index contributed by atoms with van der Waals surface area (Å²) in [5, 5.41) is 12.3. The van der Waals surface area contributed by atoms with Crippen molar-refractivity contribution in [2.75, 3.05) is 6.61 Å². The third kappa shape index (κ3) is 3.91. The molecule has 1 atom stereocenters. The first-order valence-corrected chi connectivity index (χ1v) is 7.92. The third-order valence-electron chi connectivity index (χ3n) is 2.96. The Hall–Kier alpha value is -1.17. The van der Waals surface area contributed by atoms with Gasteiger partial charge in [-0.25, -0.2) is 0 Å². The Bertz CT molecular complexity index is 563. The van der Waals surface area contributed by atoms with E-state index < -0.39 is 0 Å². The van der Waals surface area contributed by atoms with Gasteiger partial charge in [0.2, 0.25) is 0 Å². The predicted octanol–water partition coefficient (Wildman–Crippen LogP) is 3.15. The lowest BCUT2D eigenvalue weighted by Crippen LogP contribution is -2.38. The second kappa shape index (κ2) is 7.02. The molecule has 5 heteroatoms. The van der Waals surface area contributed by atoms with Gasteiger partial charge in [-0.2, -0.15) is 0 Å². The van der Waals surface area contributed by atoms with E-state index in [4.69, 9.17) is 0 Å². The zero-order valence-electron chi connectivity index (χ0n) is 11.1. The number of aliphatic hydroxyl groups is 1. The van der Waals surface area contributed by atoms with Gasteiger partial charge in [-0.05, 0) is 46.5 Å². The highest BCUT2D eigenvalue weighted by Gasteiger charge is 2.16. The van der Waals surface area contributed by atoms with Crippen molar-refractivity contribution in [1.82, 2.24) is 5.32 Å². The van der Waals surface area contributed by atoms with Gasteiger partial charge in [0, 0.05) is 0 Å². The molecule has 0 aliphatic rings. The summed E-state index contributed by atoms with van der Waals surface area (Å²) >= 11 is 4.81. The molecule has 106 valence electrons. The van der Waals surface area contributed by atoms with Gasteiger partial charge in [0.25, 0.3) is 5.91 Å². The zero-order chi connectivity index (χ0) is 14.5. The van der Waals surface area contributed by atoms with E-state index in [0.717, 1.165) is 14.9 Å². The summed E-state index contributed by atoms with van der Waals surface area (Å²) in [7, 11) is 0. The lowest BCUT2D eigenvalue weighted by Gasteiger charge is -2.15. The molecule has 0 aliphatic carbocycles. The molecule has 0 saturated carbocycles. The Morgan fingerprint density at radius 1 is 1.40 bits per heavy atom. The topological polar surface area (TPSA) is 49.3 Å². The molecule has 1 aromatic carbocycles. The fraction of sp³-hybridized carbons (Fsp3) is 0.267. The van der Waals surface area contributed by atoms with Crippen LogP contribution in [-0.2, 0) is 6.42 Å². The van der Waals surface area contributed by atoms with E-state index in [1.807, 2.05) is 43.3 Å². The van der Waals surface area contributed by atoms with E-state index in [0.29, 0.717) is 11.3 Å². The van der Waals surface area contributed by atoms with Crippen LogP contribution in [-0.4, -0.2) is 23.7 Å². The lowest BCUT2D eigenvalue weighted by molar-refractivity contribution is 0.0920. The average Bonchev–Trinajstić information content (AvgIpc) is 2.79. The van der Waals surface area contributed by atoms with Crippen LogP contribution in [0.1, 0.15) is 20.8 Å². The Balaban J connectivity index is 2.01. The van der Waals surface area contributed by atoms with Gasteiger partial charge >= 0.3 is 0 Å². The molecule has 0 bridgehead atoms. The van der Waals surface area contributed by atoms with Crippen molar-refractivity contribution in [2.45, 2.75) is 19.4 Å². The molecule has 0 saturated heterocycles. The van der Waals surface area contributed by atoms with Crippen molar-refractivity contribution < 1.29 is 9.90 Å². The molecule has 1 amide bonds. The van der Waals surface area contributed by atoms with Crippen LogP contribution in [0.15, 0.2) is 40.2 Å². The minimum atomic E-state index is -0.272. The first-order valence-electron chi connectivity index (χ1n) is 6.31. The van der Waals surface area contributed by atoms with Crippen LogP contribution in [0.25, 0.3) is 0 Å². The van der Waals surface area contributed by atoms with Gasteiger partial charge in [0.05, 0.1) is 21.3 Å². The smallest absolute Gasteiger partial charge is 0.261 e. The molecular formula is C15H16BrNO2S. The van der Waals surface area contributed by atoms with Crippen LogP contribution < -0.4 is 5.32 Å². The molecule has 2 N–H and O–H groups in total. The highest BCUT2D eigenvalue weighted by atomic mass is 79.9. The number of carbonyl (C=O) groups excluding carboxylic acids is 1. The number of rotatable bonds is 5. The first kappa shape index (κ1) is 15.2. The molecular weight excluding hydrogens is 338 g/mol. The number of amides is 1. The van der Waals surface area contributed by atoms with Crippen LogP contribution in [0.2, 0.25) is 0 Å². The number of thiophene rings is 1. The van der Waals surface area contributed by atoms with E-state index >= 15 is 0 Å². The summed E-state index contributed by atoms with van der Waals surface area (Å²) in [4.78, 5) is 12.8. The maximum Gasteiger partial charge on any atom is 0.261 e. The summed E-state index contributed by atoms with van der Waals surface area (Å²) in [5.41, 5.74) is 2.14. The fourth-order valence-corrected chi connectivity index (χ4v) is 3.33. The number of hydrogen-bond acceptors (Lipinski definition) is 3. The molecule has 1 aromatic heterocycles. The van der Waals surface area contributed by atoms with Gasteiger partial charge in [-0.3, -0.25) is 4.79 Å². The standard InChI is InChI=1S/C15H16BrNO2S/c1-10-7-13(20-14(10)16)15(19)17-12(9-18)8-11-5-3-2-4-6-11/h2-7,12,18H,8-9H2,1H3,(H,17,19). The van der Waals surface area contributed by atoms with E-state index in [-0.39, 0.29) is 18.6 Å². The SMILES string of the molecule is Cc1cc(C(=O)NC(CO)Cc2ccccc2)sc1Br. The minimum absolute atomic E-state index is 0.0772. The van der Waals surface area contributed by atoms with Crippen molar-refractivity contribution in [3.8, 4) is 0 Å². The van der Waals surface area contributed by atoms with Crippen molar-refractivity contribution in [3.63, 3.8) is 0 Å². The van der Waals surface area contributed by atoms with Crippen LogP contribution in [0.5, 0.6) is 0 Å². The van der Waals surface area contributed by atoms with E-state index in [1.165, 1.54) is 11.3 Å². The average molecular weight is 354 g/mol. The molecule has 1 heterocycles. The number of aliphatic hydroxyl groups excluding tert-OH is 1. The number of benzene rings is 1. The van der Waals surface area contributed by atoms with Crippen LogP contribution in [0, 0.1) is 6.92 Å². The summed E-state index contributed by atoms with van der Waals surface area (Å²) in [6, 6.07) is 11.4. The van der Waals surface area contributed by atoms with Crippen molar-refractivity contribution in [1.29, 1.82) is 0 Å². The maximum absolute atomic E-state index is 12.1. The third-order valence-corrected chi connectivity index (χ3v) is 5.10. The highest BCUT2D eigenvalue weighted by molar-refractivity contribution is 9.11. The van der Waals surface area contributed by atoms with Gasteiger partial charge in [-0.1, -0.05) is 30.3 Å². The number of aryl methyl sites for hydroxylation is 1. The van der Waals surface area contributed by atoms with E-state index in [9.17, 15) is 9.90 Å². The zero-order valence-corrected chi connectivity index (χ0v) is 13.5. The fourth-order valence-electron chi connectivity index (χ4n) is 1.89. The van der Waals surface area contributed by atoms with Gasteiger partial charge < -0.3 is 10.4 Å². The normalized spacial score (nSPS) is 12.2. The van der Waals surface area contributed by atoms with Crippen molar-refractivity contribution >= 4 is 33.2 Å². The molecule has 20 heavy (non-hydrogen) atoms. The summed E-state index contributed by atoms with van der Waals surface area (Å²) in [6.07, 6.45) is 0.620. The lowest BCUT2D eigenvalue weighted by atomic mass is 10.1. The van der Waals surface area contributed by atoms with Crippen LogP contribution in [0.4, 0.5) is 0 Å². The maximum atomic E-state index is 12.1. The number of nitrogens with one attached hydrogen (secondary N) is 1. The summed E-state index contributed by atoms with van der Waals surface area (Å²) in [5.74, 6) is -0.140. The van der Waals surface area contributed by atoms with Gasteiger partial charge in [0.15, 0.2) is 0 Å². The van der Waals surface area contributed by atoms with Gasteiger partial charge in [0.1, 0.15) is 0 Å². The van der Waals surface area contributed by atoms with Crippen molar-refractivity contribution in [3.05, 3.63) is 56.2 Å². The van der Waals surface area contributed by atoms with E-state index in [1.54, 1.807) is 0 Å². The van der Waals surface area contributed by atoms with Crippen LogP contribution in [0.3, 0.4) is 0 Å². The predicted molar refractivity (Wildman–Crippen MR) is 85.2 cm³/mol. The van der Waals surface area contributed by atoms with Crippen molar-refractivity contribution in [2.24, 2.45) is 0 Å². The number of hydrogen-bond donors (Lipinski definition) is 2. The number of halogens is 1. The second-order valence-corrected chi connectivity index (χ2v) is 6.98. The van der Waals surface area contributed by atoms with Gasteiger partial charge in [-0.15, -0.1) is 11.3 Å². The Morgan fingerprint density at radius 2 is 2.10 bits per heavy atom. The highest BCUT2D eigenvalue weighted by Crippen LogP contribution is 2.27. The Labute approximate surface area is 130 Å². The summed E-state index contributed by atoms with van der Waals surface area (Å²) < 4.78 is 0.964. The summed E-state index contributed by atoms with van der Waals surface area (Å²) in [6.45, 7) is 1.87. The first-order chi connectivity index (χ1) is 9.60. The molecule has 0 radical (unpaired) electrons. The molecule has 3 nitrogen and oxygen atoms in total. The molecule has 2 rings (SSSR count). The van der Waals surface area contributed by atoms with Crippen LogP contribution >= 0.6 is 27.3 Å². The second-order valence-electron chi connectivity index (χ2n) is 4.61. The molecule has 0 aliphatic heterocycles. The Kier molecular flexibility index (Phi) is 5.34. The minimum Gasteiger partial charge on any atom is -0.394 e. The molecule has 2 aromatic rings. The monoisotopic (exact) mass is 353 g/mol. The molecule has 0 spiro atoms. The molecule has 0 fully saturated rings. The quantitative estimate of drug-likeness (QED) is 0.867. The molecule has 1 unspecified atom stereocenters. The largest absolute Gasteiger partial charge is 0.394 e. The Morgan fingerprint density at radius 3 is 2.65 bits per heavy atom. The van der Waals surface area contributed by atoms with E-state index in [2.05, 4.69) is 21.2 Å². The number of carbonyl (C=O) groups is 1.